The van der Waals surface area contributed by atoms with Crippen molar-refractivity contribution in [2.75, 3.05) is 11.1 Å². The van der Waals surface area contributed by atoms with E-state index < -0.39 is 0 Å². The Labute approximate surface area is 119 Å². The third-order valence-electron chi connectivity index (χ3n) is 3.03. The summed E-state index contributed by atoms with van der Waals surface area (Å²) < 4.78 is 10.8. The van der Waals surface area contributed by atoms with E-state index in [1.54, 1.807) is 0 Å². The maximum absolute atomic E-state index is 5.90. The fourth-order valence-electron chi connectivity index (χ4n) is 1.95. The molecule has 2 aromatic rings. The Morgan fingerprint density at radius 2 is 2.10 bits per heavy atom. The minimum Gasteiger partial charge on any atom is -0.489 e. The van der Waals surface area contributed by atoms with Gasteiger partial charge in [0.25, 0.3) is 0 Å². The molecule has 0 saturated carbocycles. The van der Waals surface area contributed by atoms with Crippen molar-refractivity contribution in [3.8, 4) is 5.75 Å². The lowest BCUT2D eigenvalue weighted by atomic mass is 10.2. The molecule has 0 fully saturated rings. The molecule has 20 heavy (non-hydrogen) atoms. The van der Waals surface area contributed by atoms with Crippen LogP contribution in [0.1, 0.15) is 30.9 Å². The van der Waals surface area contributed by atoms with Gasteiger partial charge in [-0.05, 0) is 39.8 Å². The number of nitrogens with two attached hydrogens (primary N) is 1. The second-order valence-electron chi connectivity index (χ2n) is 5.08. The van der Waals surface area contributed by atoms with E-state index in [2.05, 4.69) is 10.5 Å². The number of nitrogens with zero attached hydrogens (tertiary/aromatic N) is 1. The molecule has 0 aliphatic carbocycles. The monoisotopic (exact) mass is 275 g/mol. The van der Waals surface area contributed by atoms with Crippen LogP contribution in [0, 0.1) is 13.8 Å². The standard InChI is InChI=1S/C15H21N3O2/c1-9(2)19-15-7-12(5-6-14(15)16)17-8-13-10(3)18-20-11(13)4/h5-7,9,17H,8,16H2,1-4H3. The Hall–Kier alpha value is -2.17. The molecule has 0 radical (unpaired) electrons. The van der Waals surface area contributed by atoms with E-state index in [1.807, 2.05) is 45.9 Å². The number of nitrogen functional groups attached to an aromatic ring is 1. The molecule has 108 valence electrons. The van der Waals surface area contributed by atoms with Crippen LogP contribution in [-0.2, 0) is 6.54 Å². The van der Waals surface area contributed by atoms with Crippen molar-refractivity contribution >= 4 is 11.4 Å². The summed E-state index contributed by atoms with van der Waals surface area (Å²) in [5.41, 5.74) is 9.48. The van der Waals surface area contributed by atoms with Crippen LogP contribution in [-0.4, -0.2) is 11.3 Å². The summed E-state index contributed by atoms with van der Waals surface area (Å²) in [6.07, 6.45) is 0.0927. The molecule has 0 atom stereocenters. The second-order valence-corrected chi connectivity index (χ2v) is 5.08. The molecule has 1 heterocycles. The number of ether oxygens (including phenoxy) is 1. The number of anilines is 2. The average Bonchev–Trinajstić information content (AvgIpc) is 2.70. The van der Waals surface area contributed by atoms with Crippen molar-refractivity contribution in [2.45, 2.75) is 40.3 Å². The third-order valence-corrected chi connectivity index (χ3v) is 3.03. The van der Waals surface area contributed by atoms with E-state index >= 15 is 0 Å². The van der Waals surface area contributed by atoms with Crippen LogP contribution in [0.3, 0.4) is 0 Å². The Morgan fingerprint density at radius 1 is 1.35 bits per heavy atom. The highest BCUT2D eigenvalue weighted by atomic mass is 16.5. The minimum absolute atomic E-state index is 0.0927. The van der Waals surface area contributed by atoms with Crippen molar-refractivity contribution in [2.24, 2.45) is 0 Å². The quantitative estimate of drug-likeness (QED) is 0.819. The fourth-order valence-corrected chi connectivity index (χ4v) is 1.95. The lowest BCUT2D eigenvalue weighted by Gasteiger charge is -2.14. The van der Waals surface area contributed by atoms with Crippen molar-refractivity contribution in [3.05, 3.63) is 35.2 Å². The smallest absolute Gasteiger partial charge is 0.144 e. The summed E-state index contributed by atoms with van der Waals surface area (Å²) in [4.78, 5) is 0. The molecule has 1 aromatic heterocycles. The molecule has 0 spiro atoms. The first kappa shape index (κ1) is 14.2. The molecule has 5 heteroatoms. The summed E-state index contributed by atoms with van der Waals surface area (Å²) in [6.45, 7) is 8.45. The van der Waals surface area contributed by atoms with Gasteiger partial charge in [-0.2, -0.15) is 0 Å². The van der Waals surface area contributed by atoms with E-state index in [0.717, 1.165) is 22.7 Å². The number of aryl methyl sites for hydroxylation is 2. The van der Waals surface area contributed by atoms with Gasteiger partial charge in [0.15, 0.2) is 0 Å². The largest absolute Gasteiger partial charge is 0.489 e. The zero-order valence-corrected chi connectivity index (χ0v) is 12.4. The van der Waals surface area contributed by atoms with E-state index in [1.165, 1.54) is 0 Å². The van der Waals surface area contributed by atoms with Crippen LogP contribution >= 0.6 is 0 Å². The summed E-state index contributed by atoms with van der Waals surface area (Å²) in [5, 5.41) is 7.27. The normalized spacial score (nSPS) is 10.8. The summed E-state index contributed by atoms with van der Waals surface area (Å²) in [7, 11) is 0. The summed E-state index contributed by atoms with van der Waals surface area (Å²) in [6, 6.07) is 5.68. The van der Waals surface area contributed by atoms with E-state index in [9.17, 15) is 0 Å². The minimum atomic E-state index is 0.0927. The van der Waals surface area contributed by atoms with Crippen LogP contribution in [0.25, 0.3) is 0 Å². The summed E-state index contributed by atoms with van der Waals surface area (Å²) >= 11 is 0. The van der Waals surface area contributed by atoms with Gasteiger partial charge >= 0.3 is 0 Å². The molecule has 0 amide bonds. The Balaban J connectivity index is 2.10. The number of rotatable bonds is 5. The van der Waals surface area contributed by atoms with Gasteiger partial charge in [0.05, 0.1) is 17.5 Å². The van der Waals surface area contributed by atoms with Crippen LogP contribution in [0.4, 0.5) is 11.4 Å². The first-order chi connectivity index (χ1) is 9.47. The Bertz CT molecular complexity index is 571. The number of nitrogens with one attached hydrogen (secondary N) is 1. The molecule has 0 bridgehead atoms. The van der Waals surface area contributed by atoms with E-state index in [-0.39, 0.29) is 6.10 Å². The van der Waals surface area contributed by atoms with Crippen LogP contribution < -0.4 is 15.8 Å². The predicted molar refractivity (Wildman–Crippen MR) is 79.9 cm³/mol. The van der Waals surface area contributed by atoms with Crippen molar-refractivity contribution in [1.82, 2.24) is 5.16 Å². The average molecular weight is 275 g/mol. The first-order valence-electron chi connectivity index (χ1n) is 6.69. The molecular formula is C15H21N3O2. The summed E-state index contributed by atoms with van der Waals surface area (Å²) in [5.74, 6) is 1.54. The van der Waals surface area contributed by atoms with Gasteiger partial charge in [0.1, 0.15) is 11.5 Å². The number of hydrogen-bond acceptors (Lipinski definition) is 5. The van der Waals surface area contributed by atoms with Gasteiger partial charge in [-0.15, -0.1) is 0 Å². The number of hydrogen-bond donors (Lipinski definition) is 2. The van der Waals surface area contributed by atoms with Crippen LogP contribution in [0.5, 0.6) is 5.75 Å². The molecule has 3 N–H and O–H groups in total. The van der Waals surface area contributed by atoms with E-state index in [4.69, 9.17) is 15.0 Å². The third kappa shape index (κ3) is 3.23. The first-order valence-corrected chi connectivity index (χ1v) is 6.69. The van der Waals surface area contributed by atoms with Crippen LogP contribution in [0.15, 0.2) is 22.7 Å². The Kier molecular flexibility index (Phi) is 4.17. The fraction of sp³-hybridized carbons (Fsp3) is 0.400. The zero-order valence-electron chi connectivity index (χ0n) is 12.4. The van der Waals surface area contributed by atoms with Gasteiger partial charge < -0.3 is 20.3 Å². The van der Waals surface area contributed by atoms with Gasteiger partial charge in [0.2, 0.25) is 0 Å². The van der Waals surface area contributed by atoms with Crippen molar-refractivity contribution in [3.63, 3.8) is 0 Å². The maximum Gasteiger partial charge on any atom is 0.144 e. The van der Waals surface area contributed by atoms with Gasteiger partial charge in [0, 0.05) is 23.9 Å². The SMILES string of the molecule is Cc1noc(C)c1CNc1ccc(N)c(OC(C)C)c1. The molecule has 0 aliphatic heterocycles. The highest BCUT2D eigenvalue weighted by Crippen LogP contribution is 2.27. The van der Waals surface area contributed by atoms with Crippen molar-refractivity contribution in [1.29, 1.82) is 0 Å². The molecule has 0 unspecified atom stereocenters. The van der Waals surface area contributed by atoms with E-state index in [0.29, 0.717) is 18.0 Å². The zero-order chi connectivity index (χ0) is 14.7. The van der Waals surface area contributed by atoms with Gasteiger partial charge in [-0.25, -0.2) is 0 Å². The number of aromatic nitrogens is 1. The molecule has 0 saturated heterocycles. The van der Waals surface area contributed by atoms with Crippen molar-refractivity contribution < 1.29 is 9.26 Å². The highest BCUT2D eigenvalue weighted by Gasteiger charge is 2.09. The predicted octanol–water partition coefficient (Wildman–Crippen LogP) is 3.27. The topological polar surface area (TPSA) is 73.3 Å². The van der Waals surface area contributed by atoms with Gasteiger partial charge in [-0.1, -0.05) is 5.16 Å². The lowest BCUT2D eigenvalue weighted by molar-refractivity contribution is 0.244. The highest BCUT2D eigenvalue weighted by molar-refractivity contribution is 5.61. The molecule has 2 rings (SSSR count). The maximum atomic E-state index is 5.90. The van der Waals surface area contributed by atoms with Gasteiger partial charge in [-0.3, -0.25) is 0 Å². The molecule has 5 nitrogen and oxygen atoms in total. The lowest BCUT2D eigenvalue weighted by Crippen LogP contribution is -2.08. The van der Waals surface area contributed by atoms with Crippen LogP contribution in [0.2, 0.25) is 0 Å². The number of benzene rings is 1. The molecule has 1 aromatic carbocycles. The second kappa shape index (κ2) is 5.86. The Morgan fingerprint density at radius 3 is 2.70 bits per heavy atom. The molecule has 0 aliphatic rings. The molecular weight excluding hydrogens is 254 g/mol.